The number of para-hydroxylation sites is 1. The molecule has 4 heteroatoms. The van der Waals surface area contributed by atoms with Gasteiger partial charge >= 0.3 is 6.03 Å². The van der Waals surface area contributed by atoms with Crippen LogP contribution in [0, 0.1) is 20.8 Å². The summed E-state index contributed by atoms with van der Waals surface area (Å²) in [4.78, 5) is 15.7. The van der Waals surface area contributed by atoms with E-state index in [2.05, 4.69) is 83.7 Å². The van der Waals surface area contributed by atoms with Gasteiger partial charge in [0.25, 0.3) is 0 Å². The van der Waals surface area contributed by atoms with E-state index in [4.69, 9.17) is 0 Å². The number of rotatable bonds is 2. The van der Waals surface area contributed by atoms with Crippen LogP contribution >= 0.6 is 0 Å². The summed E-state index contributed by atoms with van der Waals surface area (Å²) >= 11 is 0. The van der Waals surface area contributed by atoms with Gasteiger partial charge in [-0.15, -0.1) is 0 Å². The normalized spacial score (nSPS) is 15.0. The number of carbonyl (C=O) groups excluding carboxylic acids is 1. The Kier molecular flexibility index (Phi) is 5.06. The van der Waals surface area contributed by atoms with Crippen molar-refractivity contribution in [1.82, 2.24) is 9.47 Å². The first-order valence-electron chi connectivity index (χ1n) is 11.0. The van der Waals surface area contributed by atoms with Gasteiger partial charge in [-0.3, -0.25) is 0 Å². The van der Waals surface area contributed by atoms with Gasteiger partial charge in [-0.2, -0.15) is 0 Å². The number of benzene rings is 3. The Balaban J connectivity index is 1.64. The molecular weight excluding hydrogens is 394 g/mol. The van der Waals surface area contributed by atoms with Gasteiger partial charge in [0.15, 0.2) is 0 Å². The zero-order valence-electron chi connectivity index (χ0n) is 18.7. The molecule has 1 aliphatic rings. The lowest BCUT2D eigenvalue weighted by molar-refractivity contribution is 0.194. The smallest absolute Gasteiger partial charge is 0.318 e. The highest BCUT2D eigenvalue weighted by Gasteiger charge is 2.33. The molecule has 2 heterocycles. The fraction of sp³-hybridized carbons (Fsp3) is 0.179. The van der Waals surface area contributed by atoms with Gasteiger partial charge in [0.2, 0.25) is 0 Å². The average molecular weight is 422 g/mol. The van der Waals surface area contributed by atoms with Gasteiger partial charge < -0.3 is 14.8 Å². The van der Waals surface area contributed by atoms with E-state index in [9.17, 15) is 4.79 Å². The molecule has 0 unspecified atom stereocenters. The molecule has 4 aromatic rings. The average Bonchev–Trinajstić information content (AvgIpc) is 3.17. The number of carbonyl (C=O) groups is 1. The predicted molar refractivity (Wildman–Crippen MR) is 129 cm³/mol. The second-order valence-electron chi connectivity index (χ2n) is 8.68. The Hall–Kier alpha value is -3.79. The molecule has 5 rings (SSSR count). The summed E-state index contributed by atoms with van der Waals surface area (Å²) in [6, 6.07) is 26.8. The predicted octanol–water partition coefficient (Wildman–Crippen LogP) is 6.54. The second kappa shape index (κ2) is 8.04. The molecule has 3 aromatic carbocycles. The van der Waals surface area contributed by atoms with Crippen molar-refractivity contribution in [3.05, 3.63) is 119 Å². The summed E-state index contributed by atoms with van der Waals surface area (Å²) in [5, 5.41) is 3.17. The van der Waals surface area contributed by atoms with Gasteiger partial charge in [0.1, 0.15) is 0 Å². The maximum absolute atomic E-state index is 13.8. The monoisotopic (exact) mass is 421 g/mol. The largest absolute Gasteiger partial charge is 0.322 e. The zero-order valence-corrected chi connectivity index (χ0v) is 18.7. The Morgan fingerprint density at radius 3 is 2.41 bits per heavy atom. The molecule has 2 amide bonds. The number of fused-ring (bicyclic) bond motifs is 3. The topological polar surface area (TPSA) is 37.3 Å². The van der Waals surface area contributed by atoms with Crippen molar-refractivity contribution in [2.24, 2.45) is 0 Å². The quantitative estimate of drug-likeness (QED) is 0.392. The van der Waals surface area contributed by atoms with Crippen molar-refractivity contribution < 1.29 is 4.79 Å². The standard InChI is InChI=1S/C28H27N3O/c1-19-8-6-10-22(15-19)27-26-12-7-13-30(26)25-11-5-4-9-23(25)18-31(27)28(32)29-24-16-20(2)14-21(3)17-24/h4-17,27H,18H2,1-3H3,(H,29,32)/t27-/m0/s1. The minimum atomic E-state index is -0.205. The van der Waals surface area contributed by atoms with Crippen LogP contribution in [-0.4, -0.2) is 15.5 Å². The first-order valence-corrected chi connectivity index (χ1v) is 11.0. The number of amides is 2. The molecule has 0 bridgehead atoms. The van der Waals surface area contributed by atoms with Crippen molar-refractivity contribution in [2.75, 3.05) is 5.32 Å². The van der Waals surface area contributed by atoms with Crippen molar-refractivity contribution >= 4 is 11.7 Å². The fourth-order valence-electron chi connectivity index (χ4n) is 4.77. The molecule has 0 aliphatic carbocycles. The number of urea groups is 1. The van der Waals surface area contributed by atoms with Gasteiger partial charge in [-0.05, 0) is 73.4 Å². The highest BCUT2D eigenvalue weighted by Crippen LogP contribution is 2.37. The van der Waals surface area contributed by atoms with Crippen LogP contribution in [0.25, 0.3) is 5.69 Å². The zero-order chi connectivity index (χ0) is 22.2. The van der Waals surface area contributed by atoms with Crippen LogP contribution in [0.15, 0.2) is 85.1 Å². The van der Waals surface area contributed by atoms with Crippen LogP contribution in [-0.2, 0) is 6.54 Å². The van der Waals surface area contributed by atoms with Gasteiger partial charge in [-0.25, -0.2) is 4.79 Å². The molecule has 32 heavy (non-hydrogen) atoms. The lowest BCUT2D eigenvalue weighted by atomic mass is 10.00. The third-order valence-electron chi connectivity index (χ3n) is 6.06. The minimum Gasteiger partial charge on any atom is -0.318 e. The number of aryl methyl sites for hydroxylation is 3. The van der Waals surface area contributed by atoms with Crippen molar-refractivity contribution in [1.29, 1.82) is 0 Å². The lowest BCUT2D eigenvalue weighted by Gasteiger charge is -2.31. The Bertz CT molecular complexity index is 1280. The Morgan fingerprint density at radius 2 is 1.62 bits per heavy atom. The van der Waals surface area contributed by atoms with Crippen LogP contribution in [0.3, 0.4) is 0 Å². The van der Waals surface area contributed by atoms with E-state index >= 15 is 0 Å². The van der Waals surface area contributed by atoms with Crippen LogP contribution in [0.4, 0.5) is 10.5 Å². The number of hydrogen-bond acceptors (Lipinski definition) is 1. The van der Waals surface area contributed by atoms with Gasteiger partial charge in [0, 0.05) is 17.6 Å². The Morgan fingerprint density at radius 1 is 0.844 bits per heavy atom. The van der Waals surface area contributed by atoms with E-state index < -0.39 is 0 Å². The maximum Gasteiger partial charge on any atom is 0.322 e. The molecule has 0 saturated carbocycles. The highest BCUT2D eigenvalue weighted by atomic mass is 16.2. The van der Waals surface area contributed by atoms with Gasteiger partial charge in [-0.1, -0.05) is 54.1 Å². The maximum atomic E-state index is 13.8. The number of nitrogens with one attached hydrogen (secondary N) is 1. The van der Waals surface area contributed by atoms with E-state index in [1.807, 2.05) is 36.9 Å². The minimum absolute atomic E-state index is 0.106. The van der Waals surface area contributed by atoms with Crippen molar-refractivity contribution in [3.63, 3.8) is 0 Å². The van der Waals surface area contributed by atoms with Crippen LogP contribution < -0.4 is 5.32 Å². The molecule has 0 spiro atoms. The number of aromatic nitrogens is 1. The molecule has 1 N–H and O–H groups in total. The van der Waals surface area contributed by atoms with E-state index in [-0.39, 0.29) is 12.1 Å². The highest BCUT2D eigenvalue weighted by molar-refractivity contribution is 5.90. The van der Waals surface area contributed by atoms with E-state index in [1.165, 1.54) is 5.56 Å². The molecule has 1 aromatic heterocycles. The fourth-order valence-corrected chi connectivity index (χ4v) is 4.77. The number of nitrogens with zero attached hydrogens (tertiary/aromatic N) is 2. The summed E-state index contributed by atoms with van der Waals surface area (Å²) in [5.74, 6) is 0. The summed E-state index contributed by atoms with van der Waals surface area (Å²) in [6.45, 7) is 6.71. The number of hydrogen-bond donors (Lipinski definition) is 1. The SMILES string of the molecule is Cc1cc(C)cc(NC(=O)N2Cc3ccccc3-n3cccc3[C@@H]2c2cccc(C)c2)c1. The molecule has 0 radical (unpaired) electrons. The van der Waals surface area contributed by atoms with Crippen molar-refractivity contribution in [2.45, 2.75) is 33.4 Å². The van der Waals surface area contributed by atoms with E-state index in [1.54, 1.807) is 0 Å². The molecule has 1 atom stereocenters. The summed E-state index contributed by atoms with van der Waals surface area (Å²) in [6.07, 6.45) is 2.09. The first kappa shape index (κ1) is 20.1. The van der Waals surface area contributed by atoms with E-state index in [0.717, 1.165) is 39.3 Å². The molecule has 1 aliphatic heterocycles. The molecular formula is C28H27N3O. The van der Waals surface area contributed by atoms with E-state index in [0.29, 0.717) is 6.54 Å². The Labute approximate surface area is 189 Å². The third-order valence-corrected chi connectivity index (χ3v) is 6.06. The number of anilines is 1. The third kappa shape index (κ3) is 3.69. The summed E-state index contributed by atoms with van der Waals surface area (Å²) in [5.41, 5.74) is 8.68. The van der Waals surface area contributed by atoms with Crippen LogP contribution in [0.1, 0.15) is 39.6 Å². The van der Waals surface area contributed by atoms with Crippen LogP contribution in [0.5, 0.6) is 0 Å². The molecule has 0 saturated heterocycles. The lowest BCUT2D eigenvalue weighted by Crippen LogP contribution is -2.38. The second-order valence-corrected chi connectivity index (χ2v) is 8.68. The van der Waals surface area contributed by atoms with Crippen molar-refractivity contribution in [3.8, 4) is 5.69 Å². The summed E-state index contributed by atoms with van der Waals surface area (Å²) < 4.78 is 2.21. The summed E-state index contributed by atoms with van der Waals surface area (Å²) in [7, 11) is 0. The molecule has 160 valence electrons. The molecule has 0 fully saturated rings. The van der Waals surface area contributed by atoms with Crippen LogP contribution in [0.2, 0.25) is 0 Å². The van der Waals surface area contributed by atoms with Gasteiger partial charge in [0.05, 0.1) is 18.3 Å². The molecule has 4 nitrogen and oxygen atoms in total. The first-order chi connectivity index (χ1) is 15.5.